The molecule has 1 amide bonds. The summed E-state index contributed by atoms with van der Waals surface area (Å²) in [6.45, 7) is 0.380. The number of anilines is 1. The molecule has 3 heterocycles. The van der Waals surface area contributed by atoms with Gasteiger partial charge >= 0.3 is 6.09 Å². The van der Waals surface area contributed by atoms with Crippen molar-refractivity contribution in [3.8, 4) is 11.6 Å². The second-order valence-corrected chi connectivity index (χ2v) is 5.37. The number of carbonyl (C=O) groups excluding carboxylic acids is 1. The predicted octanol–water partition coefficient (Wildman–Crippen LogP) is 2.40. The lowest BCUT2D eigenvalue weighted by atomic mass is 10.2. The van der Waals surface area contributed by atoms with Crippen LogP contribution in [0.3, 0.4) is 0 Å². The van der Waals surface area contributed by atoms with Crippen LogP contribution in [0.2, 0.25) is 0 Å². The van der Waals surface area contributed by atoms with Crippen LogP contribution in [0.25, 0.3) is 5.69 Å². The Balaban J connectivity index is 1.46. The molecule has 1 saturated heterocycles. The third kappa shape index (κ3) is 3.03. The van der Waals surface area contributed by atoms with Crippen LogP contribution in [0, 0.1) is 5.82 Å². The summed E-state index contributed by atoms with van der Waals surface area (Å²) in [5, 5.41) is 3.61. The van der Waals surface area contributed by atoms with E-state index in [1.165, 1.54) is 23.6 Å². The number of hydrogen-bond acceptors (Lipinski definition) is 6. The molecule has 1 aliphatic heterocycles. The van der Waals surface area contributed by atoms with E-state index in [1.54, 1.807) is 35.2 Å². The lowest BCUT2D eigenvalue weighted by Gasteiger charge is -2.14. The fourth-order valence-electron chi connectivity index (χ4n) is 2.55. The monoisotopic (exact) mass is 344 g/mol. The molecule has 0 radical (unpaired) electrons. The minimum atomic E-state index is -0.552. The van der Waals surface area contributed by atoms with Crippen LogP contribution in [-0.2, 0) is 4.74 Å². The average molecular weight is 344 g/mol. The van der Waals surface area contributed by atoms with Gasteiger partial charge in [0.05, 0.1) is 24.2 Å². The molecule has 4 rings (SSSR count). The molecule has 0 aliphatic carbocycles. The minimum absolute atomic E-state index is 0.129. The standard InChI is InChI=1S/C16H13FN4O4/c17-13-7-11(1-2-14(13)20-5-4-18-10-20)21-8-12(25-16(21)22)9-23-15-3-6-24-19-15/h1-7,10,12H,8-9H2. The minimum Gasteiger partial charge on any atom is -0.471 e. The van der Waals surface area contributed by atoms with E-state index in [2.05, 4.69) is 14.7 Å². The summed E-state index contributed by atoms with van der Waals surface area (Å²) in [5.41, 5.74) is 0.759. The number of nitrogens with zero attached hydrogens (tertiary/aromatic N) is 4. The van der Waals surface area contributed by atoms with Gasteiger partial charge < -0.3 is 18.6 Å². The van der Waals surface area contributed by atoms with E-state index >= 15 is 0 Å². The second kappa shape index (κ2) is 6.27. The molecular weight excluding hydrogens is 331 g/mol. The van der Waals surface area contributed by atoms with Crippen LogP contribution < -0.4 is 9.64 Å². The molecule has 2 aromatic heterocycles. The van der Waals surface area contributed by atoms with Crippen molar-refractivity contribution in [1.29, 1.82) is 0 Å². The maximum absolute atomic E-state index is 14.4. The number of cyclic esters (lactones) is 1. The molecule has 0 saturated carbocycles. The van der Waals surface area contributed by atoms with Gasteiger partial charge in [-0.15, -0.1) is 0 Å². The molecule has 1 unspecified atom stereocenters. The summed E-state index contributed by atoms with van der Waals surface area (Å²) in [6, 6.07) is 6.08. The fourth-order valence-corrected chi connectivity index (χ4v) is 2.55. The molecule has 25 heavy (non-hydrogen) atoms. The number of rotatable bonds is 5. The Morgan fingerprint density at radius 1 is 1.36 bits per heavy atom. The van der Waals surface area contributed by atoms with Crippen molar-refractivity contribution in [2.75, 3.05) is 18.1 Å². The lowest BCUT2D eigenvalue weighted by Crippen LogP contribution is -2.26. The van der Waals surface area contributed by atoms with Gasteiger partial charge in [0.25, 0.3) is 5.88 Å². The van der Waals surface area contributed by atoms with Crippen molar-refractivity contribution >= 4 is 11.8 Å². The first-order valence-electron chi connectivity index (χ1n) is 7.50. The largest absolute Gasteiger partial charge is 0.471 e. The number of ether oxygens (including phenoxy) is 2. The first kappa shape index (κ1) is 15.2. The smallest absolute Gasteiger partial charge is 0.414 e. The number of hydrogen-bond donors (Lipinski definition) is 0. The van der Waals surface area contributed by atoms with Crippen LogP contribution in [0.4, 0.5) is 14.9 Å². The molecule has 0 N–H and O–H groups in total. The highest BCUT2D eigenvalue weighted by molar-refractivity contribution is 5.89. The molecule has 0 bridgehead atoms. The second-order valence-electron chi connectivity index (χ2n) is 5.37. The number of carbonyl (C=O) groups is 1. The molecule has 9 heteroatoms. The summed E-state index contributed by atoms with van der Waals surface area (Å²) in [6.07, 6.45) is 5.04. The van der Waals surface area contributed by atoms with Crippen molar-refractivity contribution in [1.82, 2.24) is 14.7 Å². The van der Waals surface area contributed by atoms with Crippen LogP contribution >= 0.6 is 0 Å². The molecule has 1 fully saturated rings. The third-order valence-corrected chi connectivity index (χ3v) is 3.73. The molecule has 1 atom stereocenters. The Kier molecular flexibility index (Phi) is 3.81. The Labute approximate surface area is 141 Å². The molecule has 3 aromatic rings. The van der Waals surface area contributed by atoms with Gasteiger partial charge in [-0.2, -0.15) is 0 Å². The number of benzene rings is 1. The van der Waals surface area contributed by atoms with Gasteiger partial charge in [-0.3, -0.25) is 4.90 Å². The summed E-state index contributed by atoms with van der Waals surface area (Å²) in [5.74, 6) is -0.157. The Hall–Kier alpha value is -3.36. The number of imidazole rings is 1. The predicted molar refractivity (Wildman–Crippen MR) is 83.1 cm³/mol. The van der Waals surface area contributed by atoms with Crippen molar-refractivity contribution in [2.24, 2.45) is 0 Å². The third-order valence-electron chi connectivity index (χ3n) is 3.73. The summed E-state index contributed by atoms with van der Waals surface area (Å²) >= 11 is 0. The molecule has 128 valence electrons. The topological polar surface area (TPSA) is 82.6 Å². The fraction of sp³-hybridized carbons (Fsp3) is 0.188. The average Bonchev–Trinajstić information content (AvgIpc) is 3.35. The Bertz CT molecular complexity index is 866. The van der Waals surface area contributed by atoms with Gasteiger partial charge in [0.2, 0.25) is 0 Å². The highest BCUT2D eigenvalue weighted by Crippen LogP contribution is 2.25. The first-order chi connectivity index (χ1) is 12.2. The number of amides is 1. The molecule has 1 aliphatic rings. The van der Waals surface area contributed by atoms with E-state index in [9.17, 15) is 9.18 Å². The highest BCUT2D eigenvalue weighted by Gasteiger charge is 2.33. The zero-order valence-corrected chi connectivity index (χ0v) is 12.9. The quantitative estimate of drug-likeness (QED) is 0.707. The summed E-state index contributed by atoms with van der Waals surface area (Å²) < 4.78 is 31.2. The van der Waals surface area contributed by atoms with Crippen molar-refractivity contribution in [2.45, 2.75) is 6.10 Å². The Morgan fingerprint density at radius 3 is 3.00 bits per heavy atom. The van der Waals surface area contributed by atoms with Crippen LogP contribution in [-0.4, -0.2) is 40.1 Å². The van der Waals surface area contributed by atoms with Gasteiger partial charge in [0.15, 0.2) is 6.10 Å². The molecular formula is C16H13FN4O4. The van der Waals surface area contributed by atoms with Crippen molar-refractivity contribution in [3.63, 3.8) is 0 Å². The SMILES string of the molecule is O=C1OC(COc2ccon2)CN1c1ccc(-n2ccnc2)c(F)c1. The van der Waals surface area contributed by atoms with E-state index in [4.69, 9.17) is 9.47 Å². The zero-order chi connectivity index (χ0) is 17.2. The Morgan fingerprint density at radius 2 is 2.28 bits per heavy atom. The van der Waals surface area contributed by atoms with Crippen LogP contribution in [0.5, 0.6) is 5.88 Å². The summed E-state index contributed by atoms with van der Waals surface area (Å²) in [4.78, 5) is 17.3. The van der Waals surface area contributed by atoms with Gasteiger partial charge in [-0.05, 0) is 23.4 Å². The maximum atomic E-state index is 14.4. The molecule has 8 nitrogen and oxygen atoms in total. The first-order valence-corrected chi connectivity index (χ1v) is 7.50. The highest BCUT2D eigenvalue weighted by atomic mass is 19.1. The van der Waals surface area contributed by atoms with E-state index < -0.39 is 18.0 Å². The maximum Gasteiger partial charge on any atom is 0.414 e. The summed E-state index contributed by atoms with van der Waals surface area (Å²) in [7, 11) is 0. The van der Waals surface area contributed by atoms with E-state index in [0.717, 1.165) is 0 Å². The van der Waals surface area contributed by atoms with Crippen molar-refractivity contribution < 1.29 is 23.2 Å². The normalized spacial score (nSPS) is 16.9. The zero-order valence-electron chi connectivity index (χ0n) is 12.9. The lowest BCUT2D eigenvalue weighted by molar-refractivity contribution is 0.102. The van der Waals surface area contributed by atoms with Gasteiger partial charge in [0, 0.05) is 18.5 Å². The van der Waals surface area contributed by atoms with Gasteiger partial charge in [-0.1, -0.05) is 0 Å². The molecule has 1 aromatic carbocycles. The van der Waals surface area contributed by atoms with Crippen LogP contribution in [0.15, 0.2) is 53.8 Å². The van der Waals surface area contributed by atoms with Crippen molar-refractivity contribution in [3.05, 3.63) is 55.1 Å². The number of halogens is 1. The van der Waals surface area contributed by atoms with E-state index in [1.807, 2.05) is 0 Å². The molecule has 0 spiro atoms. The van der Waals surface area contributed by atoms with E-state index in [-0.39, 0.29) is 13.2 Å². The van der Waals surface area contributed by atoms with Crippen LogP contribution in [0.1, 0.15) is 0 Å². The number of aromatic nitrogens is 3. The van der Waals surface area contributed by atoms with E-state index in [0.29, 0.717) is 17.3 Å². The van der Waals surface area contributed by atoms with Gasteiger partial charge in [0.1, 0.15) is 18.7 Å². The van der Waals surface area contributed by atoms with Gasteiger partial charge in [-0.25, -0.2) is 14.2 Å².